The zero-order chi connectivity index (χ0) is 17.5. The second kappa shape index (κ2) is 5.23. The Bertz CT molecular complexity index is 555. The van der Waals surface area contributed by atoms with E-state index in [0.29, 0.717) is 10.8 Å². The summed E-state index contributed by atoms with van der Waals surface area (Å²) in [4.78, 5) is 0. The molecule has 5 fully saturated rings. The van der Waals surface area contributed by atoms with Crippen LogP contribution in [0.25, 0.3) is 0 Å². The molecule has 5 rings (SSSR count). The summed E-state index contributed by atoms with van der Waals surface area (Å²) in [5.74, 6) is 2.07. The van der Waals surface area contributed by atoms with Crippen LogP contribution in [0.5, 0.6) is 0 Å². The molecule has 25 heavy (non-hydrogen) atoms. The van der Waals surface area contributed by atoms with Crippen LogP contribution in [0.3, 0.4) is 0 Å². The third kappa shape index (κ3) is 1.93. The molecule has 0 aromatic rings. The number of fused-ring (bicyclic) bond motifs is 6. The van der Waals surface area contributed by atoms with E-state index < -0.39 is 0 Å². The average Bonchev–Trinajstić information content (AvgIpc) is 3.15. The Labute approximate surface area is 152 Å². The van der Waals surface area contributed by atoms with Gasteiger partial charge in [-0.25, -0.2) is 0 Å². The summed E-state index contributed by atoms with van der Waals surface area (Å²) in [6, 6.07) is 0. The lowest BCUT2D eigenvalue weighted by atomic mass is 9.41. The van der Waals surface area contributed by atoms with Crippen LogP contribution in [0, 0.1) is 34.0 Å². The van der Waals surface area contributed by atoms with Gasteiger partial charge >= 0.3 is 0 Å². The molecule has 0 amide bonds. The first-order valence-electron chi connectivity index (χ1n) is 10.8. The molecule has 142 valence electrons. The highest BCUT2D eigenvalue weighted by molar-refractivity contribution is 5.17. The Morgan fingerprint density at radius 1 is 0.800 bits per heavy atom. The third-order valence-corrected chi connectivity index (χ3v) is 10.3. The molecule has 1 aliphatic heterocycles. The average molecular weight is 349 g/mol. The molecule has 0 radical (unpaired) electrons. The zero-order valence-electron chi connectivity index (χ0n) is 16.4. The first-order chi connectivity index (χ1) is 11.8. The van der Waals surface area contributed by atoms with Crippen LogP contribution in [-0.4, -0.2) is 30.2 Å². The molecule has 1 heterocycles. The smallest absolute Gasteiger partial charge is 0.174 e. The molecular formula is C22H36O3. The molecule has 1 saturated heterocycles. The third-order valence-electron chi connectivity index (χ3n) is 10.3. The second-order valence-corrected chi connectivity index (χ2v) is 10.7. The first-order valence-corrected chi connectivity index (χ1v) is 10.8. The first kappa shape index (κ1) is 17.0. The van der Waals surface area contributed by atoms with Gasteiger partial charge in [0.1, 0.15) is 0 Å². The number of aliphatic hydroxyl groups is 1. The molecule has 3 heteroatoms. The number of hydrogen-bond acceptors (Lipinski definition) is 3. The molecule has 1 N–H and O–H groups in total. The lowest BCUT2D eigenvalue weighted by Crippen LogP contribution is -2.61. The lowest BCUT2D eigenvalue weighted by molar-refractivity contribution is -0.268. The highest BCUT2D eigenvalue weighted by atomic mass is 16.7. The van der Waals surface area contributed by atoms with Crippen LogP contribution in [0.15, 0.2) is 0 Å². The van der Waals surface area contributed by atoms with Crippen LogP contribution in [0.1, 0.15) is 78.6 Å². The molecule has 2 unspecified atom stereocenters. The van der Waals surface area contributed by atoms with Crippen LogP contribution in [-0.2, 0) is 9.47 Å². The van der Waals surface area contributed by atoms with Crippen molar-refractivity contribution in [3.63, 3.8) is 0 Å². The van der Waals surface area contributed by atoms with Gasteiger partial charge in [-0.15, -0.1) is 0 Å². The van der Waals surface area contributed by atoms with Gasteiger partial charge in [0.15, 0.2) is 5.79 Å². The molecule has 4 aliphatic carbocycles. The predicted octanol–water partition coefficient (Wildman–Crippen LogP) is 4.52. The van der Waals surface area contributed by atoms with Gasteiger partial charge in [-0.3, -0.25) is 0 Å². The SMILES string of the molecule is C[C@]12CC[C@@H](O)CC1CC[C@@H]1C2CC[C@]2(C)C3(CC[C@@]12C)OCCO3. The Hall–Kier alpha value is -0.120. The van der Waals surface area contributed by atoms with Gasteiger partial charge in [0.05, 0.1) is 19.3 Å². The molecule has 5 aliphatic rings. The summed E-state index contributed by atoms with van der Waals surface area (Å²) >= 11 is 0. The van der Waals surface area contributed by atoms with E-state index in [1.807, 2.05) is 0 Å². The van der Waals surface area contributed by atoms with Crippen molar-refractivity contribution < 1.29 is 14.6 Å². The van der Waals surface area contributed by atoms with E-state index in [2.05, 4.69) is 20.8 Å². The van der Waals surface area contributed by atoms with Crippen molar-refractivity contribution in [3.8, 4) is 0 Å². The number of hydrogen-bond donors (Lipinski definition) is 1. The van der Waals surface area contributed by atoms with E-state index in [1.54, 1.807) is 0 Å². The number of ether oxygens (including phenoxy) is 2. The minimum atomic E-state index is -0.298. The van der Waals surface area contributed by atoms with Crippen molar-refractivity contribution >= 4 is 0 Å². The maximum atomic E-state index is 10.2. The topological polar surface area (TPSA) is 38.7 Å². The van der Waals surface area contributed by atoms with Gasteiger partial charge in [-0.2, -0.15) is 0 Å². The Kier molecular flexibility index (Phi) is 3.56. The van der Waals surface area contributed by atoms with Crippen LogP contribution in [0.2, 0.25) is 0 Å². The summed E-state index contributed by atoms with van der Waals surface area (Å²) in [5, 5.41) is 10.2. The van der Waals surface area contributed by atoms with Crippen molar-refractivity contribution in [2.75, 3.05) is 13.2 Å². The van der Waals surface area contributed by atoms with Gasteiger partial charge < -0.3 is 14.6 Å². The molecular weight excluding hydrogens is 312 g/mol. The quantitative estimate of drug-likeness (QED) is 0.699. The van der Waals surface area contributed by atoms with Gasteiger partial charge in [-0.1, -0.05) is 20.8 Å². The van der Waals surface area contributed by atoms with Gasteiger partial charge in [0, 0.05) is 11.8 Å². The summed E-state index contributed by atoms with van der Waals surface area (Å²) in [7, 11) is 0. The van der Waals surface area contributed by atoms with E-state index >= 15 is 0 Å². The number of aliphatic hydroxyl groups excluding tert-OH is 1. The van der Waals surface area contributed by atoms with Gasteiger partial charge in [0.25, 0.3) is 0 Å². The molecule has 4 saturated carbocycles. The van der Waals surface area contributed by atoms with Crippen molar-refractivity contribution in [3.05, 3.63) is 0 Å². The summed E-state index contributed by atoms with van der Waals surface area (Å²) < 4.78 is 12.6. The predicted molar refractivity (Wildman–Crippen MR) is 97.0 cm³/mol. The normalized spacial score (nSPS) is 57.1. The summed E-state index contributed by atoms with van der Waals surface area (Å²) in [6.45, 7) is 9.18. The maximum Gasteiger partial charge on any atom is 0.174 e. The minimum Gasteiger partial charge on any atom is -0.393 e. The van der Waals surface area contributed by atoms with Crippen molar-refractivity contribution in [1.82, 2.24) is 0 Å². The summed E-state index contributed by atoms with van der Waals surface area (Å²) in [6.07, 6.45) is 10.8. The molecule has 0 aromatic heterocycles. The van der Waals surface area contributed by atoms with Crippen LogP contribution in [0.4, 0.5) is 0 Å². The maximum absolute atomic E-state index is 10.2. The van der Waals surface area contributed by atoms with E-state index in [0.717, 1.165) is 50.2 Å². The Morgan fingerprint density at radius 3 is 2.32 bits per heavy atom. The highest BCUT2D eigenvalue weighted by Crippen LogP contribution is 2.74. The largest absolute Gasteiger partial charge is 0.393 e. The Balaban J connectivity index is 1.50. The van der Waals surface area contributed by atoms with Crippen molar-refractivity contribution in [1.29, 1.82) is 0 Å². The lowest BCUT2D eigenvalue weighted by Gasteiger charge is -2.65. The fraction of sp³-hybridized carbons (Fsp3) is 1.00. The van der Waals surface area contributed by atoms with Crippen molar-refractivity contribution in [2.24, 2.45) is 34.0 Å². The molecule has 3 nitrogen and oxygen atoms in total. The van der Waals surface area contributed by atoms with Gasteiger partial charge in [0.2, 0.25) is 0 Å². The van der Waals surface area contributed by atoms with Gasteiger partial charge in [-0.05, 0) is 80.0 Å². The van der Waals surface area contributed by atoms with E-state index in [1.165, 1.54) is 38.5 Å². The van der Waals surface area contributed by atoms with E-state index in [4.69, 9.17) is 9.47 Å². The van der Waals surface area contributed by atoms with Crippen LogP contribution >= 0.6 is 0 Å². The summed E-state index contributed by atoms with van der Waals surface area (Å²) in [5.41, 5.74) is 0.943. The number of rotatable bonds is 0. The molecule has 0 bridgehead atoms. The Morgan fingerprint density at radius 2 is 1.56 bits per heavy atom. The molecule has 0 aromatic carbocycles. The highest BCUT2D eigenvalue weighted by Gasteiger charge is 2.72. The molecule has 7 atom stereocenters. The van der Waals surface area contributed by atoms with Crippen molar-refractivity contribution in [2.45, 2.75) is 90.4 Å². The monoisotopic (exact) mass is 348 g/mol. The fourth-order valence-corrected chi connectivity index (χ4v) is 8.51. The van der Waals surface area contributed by atoms with Crippen LogP contribution < -0.4 is 0 Å². The van der Waals surface area contributed by atoms with E-state index in [-0.39, 0.29) is 17.3 Å². The van der Waals surface area contributed by atoms with E-state index in [9.17, 15) is 5.11 Å². The second-order valence-electron chi connectivity index (χ2n) is 10.7. The molecule has 1 spiro atoms. The zero-order valence-corrected chi connectivity index (χ0v) is 16.4. The minimum absolute atomic E-state index is 0.0471. The fourth-order valence-electron chi connectivity index (χ4n) is 8.51. The standard InChI is InChI=1S/C22H36O3/c1-19-8-6-16(23)14-15(19)4-5-18-17(19)7-9-21(3)20(18,2)10-11-22(21)24-12-13-25-22/h15-18,23H,4-14H2,1-3H3/t15?,16-,17?,18-,19+,20+,21+/m1/s1.